The van der Waals surface area contributed by atoms with Crippen LogP contribution >= 0.6 is 0 Å². The highest BCUT2D eigenvalue weighted by atomic mass is 19.4. The van der Waals surface area contributed by atoms with Gasteiger partial charge < -0.3 is 14.6 Å². The van der Waals surface area contributed by atoms with E-state index in [0.29, 0.717) is 0 Å². The van der Waals surface area contributed by atoms with E-state index in [1.807, 2.05) is 0 Å². The molecule has 0 saturated heterocycles. The molecule has 1 aromatic rings. The fourth-order valence-electron chi connectivity index (χ4n) is 1.20. The van der Waals surface area contributed by atoms with Crippen LogP contribution < -0.4 is 4.74 Å². The summed E-state index contributed by atoms with van der Waals surface area (Å²) in [5, 5.41) is 9.56. The van der Waals surface area contributed by atoms with Gasteiger partial charge in [0.25, 0.3) is 0 Å². The van der Waals surface area contributed by atoms with Crippen molar-refractivity contribution in [3.05, 3.63) is 17.3 Å². The molecule has 0 radical (unpaired) electrons. The maximum absolute atomic E-state index is 12.0. The standard InChI is InChI=1S/C10H10F3NO4/c1-5-3-7(18-10(11,12)13)14-6(9(5)16)4-8(15)17-2/h3,16H,4H2,1-2H3. The fraction of sp³-hybridized carbons (Fsp3) is 0.400. The van der Waals surface area contributed by atoms with Gasteiger partial charge in [-0.05, 0) is 12.5 Å². The Morgan fingerprint density at radius 2 is 2.11 bits per heavy atom. The Balaban J connectivity index is 3.06. The van der Waals surface area contributed by atoms with Crippen molar-refractivity contribution in [1.29, 1.82) is 0 Å². The van der Waals surface area contributed by atoms with Crippen LogP contribution in [0.2, 0.25) is 0 Å². The normalized spacial score (nSPS) is 11.2. The van der Waals surface area contributed by atoms with Gasteiger partial charge >= 0.3 is 12.3 Å². The van der Waals surface area contributed by atoms with Gasteiger partial charge in [-0.25, -0.2) is 4.98 Å². The van der Waals surface area contributed by atoms with Crippen LogP contribution in [-0.4, -0.2) is 29.5 Å². The Morgan fingerprint density at radius 1 is 1.50 bits per heavy atom. The first-order valence-electron chi connectivity index (χ1n) is 4.75. The van der Waals surface area contributed by atoms with Crippen LogP contribution in [0.5, 0.6) is 11.6 Å². The van der Waals surface area contributed by atoms with E-state index < -0.39 is 24.6 Å². The predicted molar refractivity (Wildman–Crippen MR) is 53.0 cm³/mol. The third kappa shape index (κ3) is 3.79. The third-order valence-electron chi connectivity index (χ3n) is 1.99. The largest absolute Gasteiger partial charge is 0.574 e. The number of alkyl halides is 3. The number of halogens is 3. The van der Waals surface area contributed by atoms with Crippen molar-refractivity contribution in [3.63, 3.8) is 0 Å². The molecule has 18 heavy (non-hydrogen) atoms. The van der Waals surface area contributed by atoms with E-state index in [1.165, 1.54) is 6.92 Å². The number of hydrogen-bond acceptors (Lipinski definition) is 5. The summed E-state index contributed by atoms with van der Waals surface area (Å²) in [7, 11) is 1.11. The molecule has 0 atom stereocenters. The summed E-state index contributed by atoms with van der Waals surface area (Å²) in [6.45, 7) is 1.36. The number of carbonyl (C=O) groups is 1. The number of aryl methyl sites for hydroxylation is 1. The minimum Gasteiger partial charge on any atom is -0.506 e. The average Bonchev–Trinajstić information content (AvgIpc) is 2.22. The van der Waals surface area contributed by atoms with Crippen molar-refractivity contribution in [2.75, 3.05) is 7.11 Å². The molecule has 0 spiro atoms. The molecule has 0 saturated carbocycles. The average molecular weight is 265 g/mol. The minimum absolute atomic E-state index is 0.114. The predicted octanol–water partition coefficient (Wildman–Crippen LogP) is 1.71. The molecule has 0 bridgehead atoms. The van der Waals surface area contributed by atoms with Gasteiger partial charge in [0.1, 0.15) is 5.75 Å². The maximum Gasteiger partial charge on any atom is 0.574 e. The molecule has 8 heteroatoms. The number of rotatable bonds is 3. The van der Waals surface area contributed by atoms with Gasteiger partial charge in [0.15, 0.2) is 0 Å². The number of hydrogen-bond donors (Lipinski definition) is 1. The van der Waals surface area contributed by atoms with Crippen molar-refractivity contribution in [2.24, 2.45) is 0 Å². The quantitative estimate of drug-likeness (QED) is 0.842. The number of ether oxygens (including phenoxy) is 2. The molecule has 1 rings (SSSR count). The number of carbonyl (C=O) groups excluding carboxylic acids is 1. The van der Waals surface area contributed by atoms with Crippen LogP contribution in [0.3, 0.4) is 0 Å². The maximum atomic E-state index is 12.0. The van der Waals surface area contributed by atoms with Crippen LogP contribution in [0.4, 0.5) is 13.2 Å². The summed E-state index contributed by atoms with van der Waals surface area (Å²) in [6, 6.07) is 0.920. The lowest BCUT2D eigenvalue weighted by molar-refractivity contribution is -0.276. The monoisotopic (exact) mass is 265 g/mol. The zero-order valence-electron chi connectivity index (χ0n) is 9.54. The van der Waals surface area contributed by atoms with Gasteiger partial charge in [-0.2, -0.15) is 0 Å². The summed E-state index contributed by atoms with van der Waals surface area (Å²) in [5.41, 5.74) is -0.121. The number of nitrogens with zero attached hydrogens (tertiary/aromatic N) is 1. The molecule has 0 unspecified atom stereocenters. The zero-order chi connectivity index (χ0) is 13.9. The van der Waals surface area contributed by atoms with Gasteiger partial charge in [-0.15, -0.1) is 13.2 Å². The number of esters is 1. The summed E-state index contributed by atoms with van der Waals surface area (Å²) in [5.74, 6) is -1.84. The van der Waals surface area contributed by atoms with Crippen molar-refractivity contribution >= 4 is 5.97 Å². The van der Waals surface area contributed by atoms with Gasteiger partial charge in [0, 0.05) is 6.07 Å². The Hall–Kier alpha value is -1.99. The highest BCUT2D eigenvalue weighted by molar-refractivity contribution is 5.73. The van der Waals surface area contributed by atoms with Crippen LogP contribution in [0.1, 0.15) is 11.3 Å². The van der Waals surface area contributed by atoms with Crippen LogP contribution in [-0.2, 0) is 16.0 Å². The van der Waals surface area contributed by atoms with E-state index in [1.54, 1.807) is 0 Å². The Bertz CT molecular complexity index is 459. The van der Waals surface area contributed by atoms with Crippen molar-refractivity contribution < 1.29 is 32.5 Å². The van der Waals surface area contributed by atoms with Crippen molar-refractivity contribution in [1.82, 2.24) is 4.98 Å². The smallest absolute Gasteiger partial charge is 0.506 e. The molecule has 0 aliphatic carbocycles. The van der Waals surface area contributed by atoms with E-state index >= 15 is 0 Å². The lowest BCUT2D eigenvalue weighted by atomic mass is 10.2. The molecule has 0 aliphatic rings. The van der Waals surface area contributed by atoms with E-state index in [9.17, 15) is 23.1 Å². The van der Waals surface area contributed by atoms with E-state index in [-0.39, 0.29) is 17.0 Å². The van der Waals surface area contributed by atoms with E-state index in [4.69, 9.17) is 0 Å². The Kier molecular flexibility index (Phi) is 4.00. The van der Waals surface area contributed by atoms with Crippen LogP contribution in [0.25, 0.3) is 0 Å². The Labute approximate surface area is 100 Å². The molecule has 100 valence electrons. The summed E-state index contributed by atoms with van der Waals surface area (Å²) in [4.78, 5) is 14.4. The topological polar surface area (TPSA) is 68.7 Å². The van der Waals surface area contributed by atoms with Gasteiger partial charge in [-0.3, -0.25) is 4.79 Å². The zero-order valence-corrected chi connectivity index (χ0v) is 9.54. The van der Waals surface area contributed by atoms with E-state index in [0.717, 1.165) is 13.2 Å². The Morgan fingerprint density at radius 3 is 2.61 bits per heavy atom. The SMILES string of the molecule is COC(=O)Cc1nc(OC(F)(F)F)cc(C)c1O. The number of aromatic hydroxyl groups is 1. The second-order valence-corrected chi connectivity index (χ2v) is 3.37. The van der Waals surface area contributed by atoms with Gasteiger partial charge in [0.05, 0.1) is 19.2 Å². The minimum atomic E-state index is -4.89. The van der Waals surface area contributed by atoms with Crippen LogP contribution in [0, 0.1) is 6.92 Å². The van der Waals surface area contributed by atoms with Crippen LogP contribution in [0.15, 0.2) is 6.07 Å². The second kappa shape index (κ2) is 5.11. The number of aromatic nitrogens is 1. The van der Waals surface area contributed by atoms with Crippen molar-refractivity contribution in [3.8, 4) is 11.6 Å². The molecular weight excluding hydrogens is 255 g/mol. The summed E-state index contributed by atoms with van der Waals surface area (Å²) < 4.78 is 44.0. The summed E-state index contributed by atoms with van der Waals surface area (Å²) in [6.07, 6.45) is -5.34. The number of methoxy groups -OCH3 is 1. The van der Waals surface area contributed by atoms with Gasteiger partial charge in [-0.1, -0.05) is 0 Å². The molecule has 0 fully saturated rings. The lowest BCUT2D eigenvalue weighted by Crippen LogP contribution is -2.18. The fourth-order valence-corrected chi connectivity index (χ4v) is 1.20. The second-order valence-electron chi connectivity index (χ2n) is 3.37. The molecule has 5 nitrogen and oxygen atoms in total. The third-order valence-corrected chi connectivity index (χ3v) is 1.99. The highest BCUT2D eigenvalue weighted by Crippen LogP contribution is 2.28. The molecule has 0 aromatic carbocycles. The van der Waals surface area contributed by atoms with E-state index in [2.05, 4.69) is 14.5 Å². The first-order valence-corrected chi connectivity index (χ1v) is 4.75. The molecule has 1 heterocycles. The summed E-state index contributed by atoms with van der Waals surface area (Å²) >= 11 is 0. The molecule has 0 amide bonds. The first-order chi connectivity index (χ1) is 8.23. The number of pyridine rings is 1. The lowest BCUT2D eigenvalue weighted by Gasteiger charge is -2.11. The highest BCUT2D eigenvalue weighted by Gasteiger charge is 2.32. The first kappa shape index (κ1) is 14.1. The molecular formula is C10H10F3NO4. The molecule has 1 N–H and O–H groups in total. The van der Waals surface area contributed by atoms with Crippen molar-refractivity contribution in [2.45, 2.75) is 19.7 Å². The van der Waals surface area contributed by atoms with Gasteiger partial charge in [0.2, 0.25) is 5.88 Å². The molecule has 0 aliphatic heterocycles. The molecule has 1 aromatic heterocycles.